The molecule has 13 nitrogen and oxygen atoms in total. The molecule has 0 aliphatic carbocycles. The van der Waals surface area contributed by atoms with Crippen molar-refractivity contribution in [2.75, 3.05) is 13.7 Å². The van der Waals surface area contributed by atoms with Crippen molar-refractivity contribution >= 4 is 11.0 Å². The Morgan fingerprint density at radius 2 is 1.60 bits per heavy atom. The molecule has 0 radical (unpaired) electrons. The van der Waals surface area contributed by atoms with E-state index in [1.54, 1.807) is 0 Å². The van der Waals surface area contributed by atoms with E-state index in [0.717, 1.165) is 25.3 Å². The lowest BCUT2D eigenvalue weighted by atomic mass is 9.99. The number of benzene rings is 2. The molecule has 5 unspecified atom stereocenters. The van der Waals surface area contributed by atoms with Crippen LogP contribution in [0.25, 0.3) is 22.3 Å². The standard InChI is InChI=1S/C22H22O13/c1-32-21-15(29)13-10(26)5-11(27)19(35-22-17(31)16(30)14(28)12(6-23)33-22)20(13)34-18(21)7-2-3-8(24)9(25)4-7/h2-5,12,14,16-17,22-28,30-31H,6H2,1H3. The van der Waals surface area contributed by atoms with Crippen LogP contribution in [0.2, 0.25) is 0 Å². The van der Waals surface area contributed by atoms with Crippen molar-refractivity contribution in [1.29, 1.82) is 0 Å². The van der Waals surface area contributed by atoms with Gasteiger partial charge >= 0.3 is 0 Å². The molecule has 5 atom stereocenters. The number of aliphatic hydroxyl groups excluding tert-OH is 4. The average molecular weight is 494 g/mol. The zero-order chi connectivity index (χ0) is 25.6. The molecule has 0 bridgehead atoms. The van der Waals surface area contributed by atoms with Crippen molar-refractivity contribution in [3.8, 4) is 45.8 Å². The van der Waals surface area contributed by atoms with Gasteiger partial charge < -0.3 is 59.5 Å². The van der Waals surface area contributed by atoms with Crippen LogP contribution in [0.4, 0.5) is 0 Å². The summed E-state index contributed by atoms with van der Waals surface area (Å²) in [6, 6.07) is 4.26. The van der Waals surface area contributed by atoms with Crippen LogP contribution in [-0.4, -0.2) is 85.3 Å². The molecule has 1 aliphatic heterocycles. The second-order valence-corrected chi connectivity index (χ2v) is 7.76. The molecule has 188 valence electrons. The van der Waals surface area contributed by atoms with Gasteiger partial charge in [0.15, 0.2) is 28.6 Å². The maximum absolute atomic E-state index is 13.2. The molecule has 0 spiro atoms. The zero-order valence-corrected chi connectivity index (χ0v) is 18.0. The first kappa shape index (κ1) is 24.4. The van der Waals surface area contributed by atoms with E-state index in [2.05, 4.69) is 0 Å². The third kappa shape index (κ3) is 4.05. The molecule has 2 aromatic carbocycles. The fourth-order valence-electron chi connectivity index (χ4n) is 3.73. The van der Waals surface area contributed by atoms with Gasteiger partial charge in [0.2, 0.25) is 23.2 Å². The van der Waals surface area contributed by atoms with Gasteiger partial charge in [0.05, 0.1) is 13.7 Å². The Bertz CT molecular complexity index is 1320. The summed E-state index contributed by atoms with van der Waals surface area (Å²) in [5.74, 6) is -3.69. The summed E-state index contributed by atoms with van der Waals surface area (Å²) < 4.78 is 21.7. The van der Waals surface area contributed by atoms with Crippen LogP contribution in [-0.2, 0) is 4.74 Å². The Morgan fingerprint density at radius 1 is 0.886 bits per heavy atom. The van der Waals surface area contributed by atoms with Crippen LogP contribution in [0.5, 0.6) is 34.5 Å². The van der Waals surface area contributed by atoms with Crippen molar-refractivity contribution < 1.29 is 59.5 Å². The average Bonchev–Trinajstić information content (AvgIpc) is 2.82. The van der Waals surface area contributed by atoms with Gasteiger partial charge in [0.1, 0.15) is 35.6 Å². The highest BCUT2D eigenvalue weighted by Gasteiger charge is 2.45. The molecule has 1 aliphatic rings. The predicted octanol–water partition coefficient (Wildman–Crippen LogP) is -0.530. The van der Waals surface area contributed by atoms with Crippen molar-refractivity contribution in [2.24, 2.45) is 0 Å². The van der Waals surface area contributed by atoms with Gasteiger partial charge in [-0.1, -0.05) is 0 Å². The van der Waals surface area contributed by atoms with E-state index in [-0.39, 0.29) is 17.1 Å². The highest BCUT2D eigenvalue weighted by molar-refractivity contribution is 5.93. The molecule has 0 amide bonds. The van der Waals surface area contributed by atoms with Crippen LogP contribution in [0.15, 0.2) is 33.5 Å². The summed E-state index contributed by atoms with van der Waals surface area (Å²) in [6.07, 6.45) is -8.39. The molecule has 3 aromatic rings. The monoisotopic (exact) mass is 494 g/mol. The number of aliphatic hydroxyl groups is 4. The molecule has 0 saturated carbocycles. The second kappa shape index (κ2) is 9.13. The van der Waals surface area contributed by atoms with Gasteiger partial charge in [-0.3, -0.25) is 4.79 Å². The fraction of sp³-hybridized carbons (Fsp3) is 0.318. The summed E-state index contributed by atoms with van der Waals surface area (Å²) in [4.78, 5) is 13.2. The first-order valence-electron chi connectivity index (χ1n) is 10.2. The summed E-state index contributed by atoms with van der Waals surface area (Å²) in [5, 5.41) is 79.4. The van der Waals surface area contributed by atoms with E-state index in [9.17, 15) is 45.6 Å². The lowest BCUT2D eigenvalue weighted by Gasteiger charge is -2.39. The number of rotatable bonds is 5. The molecule has 1 fully saturated rings. The van der Waals surface area contributed by atoms with E-state index in [1.165, 1.54) is 6.07 Å². The molecule has 35 heavy (non-hydrogen) atoms. The Labute approximate surface area is 195 Å². The molecule has 1 saturated heterocycles. The van der Waals surface area contributed by atoms with Gasteiger partial charge in [0, 0.05) is 11.6 Å². The SMILES string of the molecule is COc1c(-c2ccc(O)c(O)c2)oc2c(OC3OC(CO)C(O)C(O)C3O)c(O)cc(O)c2c1=O. The number of aromatic hydroxyl groups is 4. The van der Waals surface area contributed by atoms with E-state index in [4.69, 9.17) is 18.6 Å². The Hall–Kier alpha value is -3.75. The Balaban J connectivity index is 1.92. The van der Waals surface area contributed by atoms with Gasteiger partial charge in [-0.2, -0.15) is 0 Å². The highest BCUT2D eigenvalue weighted by atomic mass is 16.7. The molecular formula is C22H22O13. The first-order valence-corrected chi connectivity index (χ1v) is 10.2. The Morgan fingerprint density at radius 3 is 2.23 bits per heavy atom. The molecule has 4 rings (SSSR count). The number of phenolic OH excluding ortho intramolecular Hbond substituents is 4. The normalized spacial score (nSPS) is 24.4. The largest absolute Gasteiger partial charge is 0.507 e. The molecule has 2 heterocycles. The molecule has 8 N–H and O–H groups in total. The number of hydrogen-bond acceptors (Lipinski definition) is 13. The maximum Gasteiger partial charge on any atom is 0.239 e. The third-order valence-corrected chi connectivity index (χ3v) is 5.56. The van der Waals surface area contributed by atoms with Crippen molar-refractivity contribution in [1.82, 2.24) is 0 Å². The second-order valence-electron chi connectivity index (χ2n) is 7.76. The molecule has 1 aromatic heterocycles. The minimum atomic E-state index is -1.85. The maximum atomic E-state index is 13.2. The number of phenols is 4. The zero-order valence-electron chi connectivity index (χ0n) is 18.0. The van der Waals surface area contributed by atoms with Crippen LogP contribution in [0, 0.1) is 0 Å². The van der Waals surface area contributed by atoms with E-state index < -0.39 is 82.5 Å². The van der Waals surface area contributed by atoms with E-state index in [0.29, 0.717) is 0 Å². The van der Waals surface area contributed by atoms with Gasteiger partial charge in [-0.05, 0) is 18.2 Å². The summed E-state index contributed by atoms with van der Waals surface area (Å²) in [7, 11) is 1.16. The lowest BCUT2D eigenvalue weighted by Crippen LogP contribution is -2.60. The lowest BCUT2D eigenvalue weighted by molar-refractivity contribution is -0.277. The number of hydrogen-bond donors (Lipinski definition) is 8. The van der Waals surface area contributed by atoms with Crippen molar-refractivity contribution in [3.63, 3.8) is 0 Å². The summed E-state index contributed by atoms with van der Waals surface area (Å²) in [6.45, 7) is -0.742. The van der Waals surface area contributed by atoms with Crippen LogP contribution < -0.4 is 14.9 Å². The van der Waals surface area contributed by atoms with Crippen LogP contribution >= 0.6 is 0 Å². The van der Waals surface area contributed by atoms with Gasteiger partial charge in [-0.15, -0.1) is 0 Å². The van der Waals surface area contributed by atoms with Crippen molar-refractivity contribution in [3.05, 3.63) is 34.5 Å². The molecule has 13 heteroatoms. The minimum Gasteiger partial charge on any atom is -0.507 e. The van der Waals surface area contributed by atoms with E-state index in [1.807, 2.05) is 0 Å². The van der Waals surface area contributed by atoms with E-state index >= 15 is 0 Å². The fourth-order valence-corrected chi connectivity index (χ4v) is 3.73. The Kier molecular flexibility index (Phi) is 6.36. The topological polar surface area (TPSA) is 220 Å². The smallest absolute Gasteiger partial charge is 0.239 e. The highest BCUT2D eigenvalue weighted by Crippen LogP contribution is 2.44. The first-order chi connectivity index (χ1) is 16.6. The summed E-state index contributed by atoms with van der Waals surface area (Å²) >= 11 is 0. The number of methoxy groups -OCH3 is 1. The minimum absolute atomic E-state index is 0.0674. The quantitative estimate of drug-likeness (QED) is 0.209. The number of ether oxygens (including phenoxy) is 3. The summed E-state index contributed by atoms with van der Waals surface area (Å²) in [5.41, 5.74) is -1.35. The number of fused-ring (bicyclic) bond motifs is 1. The van der Waals surface area contributed by atoms with Gasteiger partial charge in [0.25, 0.3) is 0 Å². The van der Waals surface area contributed by atoms with Crippen LogP contribution in [0.3, 0.4) is 0 Å². The van der Waals surface area contributed by atoms with Crippen LogP contribution in [0.1, 0.15) is 0 Å². The third-order valence-electron chi connectivity index (χ3n) is 5.56. The predicted molar refractivity (Wildman–Crippen MR) is 116 cm³/mol. The molecular weight excluding hydrogens is 472 g/mol. The van der Waals surface area contributed by atoms with Gasteiger partial charge in [-0.25, -0.2) is 0 Å². The van der Waals surface area contributed by atoms with Crippen molar-refractivity contribution in [2.45, 2.75) is 30.7 Å².